The Hall–Kier alpha value is -1.32. The molecular weight excluding hydrogens is 262 g/mol. The third-order valence-corrected chi connectivity index (χ3v) is 5.53. The Kier molecular flexibility index (Phi) is 3.70. The summed E-state index contributed by atoms with van der Waals surface area (Å²) < 4.78 is 28.4. The Balaban J connectivity index is 2.40. The van der Waals surface area contributed by atoms with E-state index in [1.165, 1.54) is 4.31 Å². The van der Waals surface area contributed by atoms with Crippen molar-refractivity contribution in [1.29, 1.82) is 0 Å². The maximum Gasteiger partial charge on any atom is 0.247 e. The van der Waals surface area contributed by atoms with Crippen LogP contribution in [0.4, 0.5) is 0 Å². The topological polar surface area (TPSA) is 55.2 Å². The van der Waals surface area contributed by atoms with Crippen molar-refractivity contribution in [3.05, 3.63) is 11.4 Å². The molecular formula is C13H19N3O2S. The maximum atomic E-state index is 12.7. The third kappa shape index (κ3) is 2.67. The van der Waals surface area contributed by atoms with E-state index in [9.17, 15) is 8.42 Å². The number of aromatic nitrogens is 2. The van der Waals surface area contributed by atoms with Gasteiger partial charge in [0.05, 0.1) is 17.9 Å². The predicted octanol–water partition coefficient (Wildman–Crippen LogP) is 1.07. The summed E-state index contributed by atoms with van der Waals surface area (Å²) in [5.41, 5.74) is 1.17. The van der Waals surface area contributed by atoms with E-state index in [-0.39, 0.29) is 6.54 Å². The first kappa shape index (κ1) is 14.1. The number of rotatable bonds is 5. The fourth-order valence-electron chi connectivity index (χ4n) is 2.19. The number of hydrogen-bond acceptors (Lipinski definition) is 3. The smallest absolute Gasteiger partial charge is 0.247 e. The van der Waals surface area contributed by atoms with E-state index in [4.69, 9.17) is 6.42 Å². The first-order valence-corrected chi connectivity index (χ1v) is 7.75. The highest BCUT2D eigenvalue weighted by Gasteiger charge is 2.34. The maximum absolute atomic E-state index is 12.7. The molecule has 0 radical (unpaired) electrons. The van der Waals surface area contributed by atoms with E-state index in [2.05, 4.69) is 11.0 Å². The second-order valence-electron chi connectivity index (χ2n) is 5.07. The molecule has 2 rings (SSSR count). The number of sulfonamides is 1. The van der Waals surface area contributed by atoms with Crippen molar-refractivity contribution in [2.45, 2.75) is 31.6 Å². The average molecular weight is 281 g/mol. The lowest BCUT2D eigenvalue weighted by Gasteiger charge is -2.19. The van der Waals surface area contributed by atoms with E-state index >= 15 is 0 Å². The minimum absolute atomic E-state index is 0.118. The highest BCUT2D eigenvalue weighted by Crippen LogP contribution is 2.32. The van der Waals surface area contributed by atoms with E-state index in [1.54, 1.807) is 25.6 Å². The number of hydrogen-bond donors (Lipinski definition) is 0. The first-order chi connectivity index (χ1) is 8.87. The summed E-state index contributed by atoms with van der Waals surface area (Å²) in [6.45, 7) is 4.11. The van der Waals surface area contributed by atoms with E-state index in [0.29, 0.717) is 28.7 Å². The molecule has 0 amide bonds. The average Bonchev–Trinajstić information content (AvgIpc) is 3.07. The van der Waals surface area contributed by atoms with Crippen LogP contribution < -0.4 is 0 Å². The second-order valence-corrected chi connectivity index (χ2v) is 6.94. The van der Waals surface area contributed by atoms with Crippen molar-refractivity contribution in [1.82, 2.24) is 14.1 Å². The van der Waals surface area contributed by atoms with E-state index in [1.807, 2.05) is 0 Å². The van der Waals surface area contributed by atoms with Crippen LogP contribution in [0, 0.1) is 32.1 Å². The van der Waals surface area contributed by atoms with Gasteiger partial charge in [0, 0.05) is 13.6 Å². The van der Waals surface area contributed by atoms with Crippen molar-refractivity contribution >= 4 is 10.0 Å². The Morgan fingerprint density at radius 2 is 2.11 bits per heavy atom. The lowest BCUT2D eigenvalue weighted by Crippen LogP contribution is -2.34. The zero-order valence-electron chi connectivity index (χ0n) is 11.5. The van der Waals surface area contributed by atoms with Crippen LogP contribution >= 0.6 is 0 Å². The molecule has 19 heavy (non-hydrogen) atoms. The lowest BCUT2D eigenvalue weighted by molar-refractivity contribution is 0.429. The summed E-state index contributed by atoms with van der Waals surface area (Å²) in [6, 6.07) is 0. The van der Waals surface area contributed by atoms with Gasteiger partial charge in [0.1, 0.15) is 4.90 Å². The molecule has 1 aliphatic carbocycles. The standard InChI is InChI=1S/C13H19N3O2S/c1-5-8-16(9-12-6-7-12)19(17,18)13-10(2)14-15(4)11(13)3/h1,12H,6-9H2,2-4H3. The van der Waals surface area contributed by atoms with Gasteiger partial charge in [-0.05, 0) is 32.6 Å². The van der Waals surface area contributed by atoms with Crippen LogP contribution in [0.15, 0.2) is 4.90 Å². The molecule has 0 aliphatic heterocycles. The molecule has 0 spiro atoms. The van der Waals surface area contributed by atoms with Crippen LogP contribution in [0.2, 0.25) is 0 Å². The van der Waals surface area contributed by atoms with Crippen molar-refractivity contribution in [2.75, 3.05) is 13.1 Å². The minimum Gasteiger partial charge on any atom is -0.271 e. The summed E-state index contributed by atoms with van der Waals surface area (Å²) in [5, 5.41) is 4.17. The molecule has 0 atom stereocenters. The molecule has 0 saturated heterocycles. The molecule has 0 N–H and O–H groups in total. The Morgan fingerprint density at radius 3 is 2.53 bits per heavy atom. The molecule has 1 saturated carbocycles. The van der Waals surface area contributed by atoms with Crippen LogP contribution in [-0.2, 0) is 17.1 Å². The molecule has 0 aromatic carbocycles. The normalized spacial score (nSPS) is 15.7. The van der Waals surface area contributed by atoms with Gasteiger partial charge in [-0.15, -0.1) is 6.42 Å². The molecule has 1 aromatic rings. The van der Waals surface area contributed by atoms with Crippen molar-refractivity contribution in [3.63, 3.8) is 0 Å². The van der Waals surface area contributed by atoms with Gasteiger partial charge in [-0.25, -0.2) is 8.42 Å². The van der Waals surface area contributed by atoms with Crippen molar-refractivity contribution in [3.8, 4) is 12.3 Å². The molecule has 1 heterocycles. The molecule has 0 bridgehead atoms. The lowest BCUT2D eigenvalue weighted by atomic mass is 10.4. The molecule has 1 aliphatic rings. The van der Waals surface area contributed by atoms with Crippen LogP contribution in [0.25, 0.3) is 0 Å². The van der Waals surface area contributed by atoms with E-state index < -0.39 is 10.0 Å². The fourth-order valence-corrected chi connectivity index (χ4v) is 4.02. The van der Waals surface area contributed by atoms with Crippen LogP contribution in [-0.4, -0.2) is 35.6 Å². The summed E-state index contributed by atoms with van der Waals surface area (Å²) in [5.74, 6) is 2.90. The van der Waals surface area contributed by atoms with Crippen LogP contribution in [0.3, 0.4) is 0 Å². The van der Waals surface area contributed by atoms with Gasteiger partial charge < -0.3 is 0 Å². The summed E-state index contributed by atoms with van der Waals surface area (Å²) in [6.07, 6.45) is 7.47. The third-order valence-electron chi connectivity index (χ3n) is 3.47. The molecule has 1 aromatic heterocycles. The number of terminal acetylenes is 1. The summed E-state index contributed by atoms with van der Waals surface area (Å²) >= 11 is 0. The van der Waals surface area contributed by atoms with Gasteiger partial charge in [-0.3, -0.25) is 4.68 Å². The molecule has 6 heteroatoms. The highest BCUT2D eigenvalue weighted by atomic mass is 32.2. The van der Waals surface area contributed by atoms with E-state index in [0.717, 1.165) is 12.8 Å². The Labute approximate surface area is 114 Å². The minimum atomic E-state index is -3.55. The fraction of sp³-hybridized carbons (Fsp3) is 0.615. The summed E-state index contributed by atoms with van der Waals surface area (Å²) in [7, 11) is -1.81. The highest BCUT2D eigenvalue weighted by molar-refractivity contribution is 7.89. The quantitative estimate of drug-likeness (QED) is 0.759. The van der Waals surface area contributed by atoms with Gasteiger partial charge in [0.15, 0.2) is 0 Å². The van der Waals surface area contributed by atoms with Gasteiger partial charge >= 0.3 is 0 Å². The number of aryl methyl sites for hydroxylation is 2. The molecule has 0 unspecified atom stereocenters. The van der Waals surface area contributed by atoms with Gasteiger partial charge in [-0.1, -0.05) is 5.92 Å². The second kappa shape index (κ2) is 4.99. The largest absolute Gasteiger partial charge is 0.271 e. The number of nitrogens with zero attached hydrogens (tertiary/aromatic N) is 3. The van der Waals surface area contributed by atoms with Crippen molar-refractivity contribution in [2.24, 2.45) is 13.0 Å². The molecule has 1 fully saturated rings. The van der Waals surface area contributed by atoms with Gasteiger partial charge in [0.2, 0.25) is 10.0 Å². The SMILES string of the molecule is C#CCN(CC1CC1)S(=O)(=O)c1c(C)nn(C)c1C. The monoisotopic (exact) mass is 281 g/mol. The first-order valence-electron chi connectivity index (χ1n) is 6.31. The summed E-state index contributed by atoms with van der Waals surface area (Å²) in [4.78, 5) is 0.297. The van der Waals surface area contributed by atoms with Crippen LogP contribution in [0.5, 0.6) is 0 Å². The zero-order chi connectivity index (χ0) is 14.2. The predicted molar refractivity (Wildman–Crippen MR) is 73.0 cm³/mol. The Morgan fingerprint density at radius 1 is 1.47 bits per heavy atom. The molecule has 104 valence electrons. The van der Waals surface area contributed by atoms with Gasteiger partial charge in [-0.2, -0.15) is 9.40 Å². The van der Waals surface area contributed by atoms with Crippen LogP contribution in [0.1, 0.15) is 24.2 Å². The zero-order valence-corrected chi connectivity index (χ0v) is 12.4. The van der Waals surface area contributed by atoms with Gasteiger partial charge in [0.25, 0.3) is 0 Å². The molecule has 5 nitrogen and oxygen atoms in total. The Bertz CT molecular complexity index is 621. The van der Waals surface area contributed by atoms with Crippen molar-refractivity contribution < 1.29 is 8.42 Å².